The van der Waals surface area contributed by atoms with Crippen molar-refractivity contribution >= 4 is 59.1 Å². The van der Waals surface area contributed by atoms with Gasteiger partial charge in [0.05, 0.1) is 50.6 Å². The van der Waals surface area contributed by atoms with Gasteiger partial charge in [0.25, 0.3) is 0 Å². The summed E-state index contributed by atoms with van der Waals surface area (Å²) in [5.41, 5.74) is 23.8. The molecular formula is C61H109N13O15. The number of aliphatic hydroxyl groups is 4. The predicted molar refractivity (Wildman–Crippen MR) is 335 cm³/mol. The quantitative estimate of drug-likeness (QED) is 0.0326. The Morgan fingerprint density at radius 3 is 0.888 bits per heavy atom. The molecule has 22 N–H and O–H groups in total. The van der Waals surface area contributed by atoms with E-state index in [-0.39, 0.29) is 74.4 Å². The summed E-state index contributed by atoms with van der Waals surface area (Å²) < 4.78 is 0. The summed E-state index contributed by atoms with van der Waals surface area (Å²) in [5.74, 6) is -5.36. The molecule has 10 atom stereocenters. The van der Waals surface area contributed by atoms with Crippen LogP contribution in [-0.4, -0.2) is 185 Å². The molecule has 1 rings (SSSR count). The molecule has 0 aliphatic heterocycles. The third kappa shape index (κ3) is 39.9. The minimum Gasteiger partial charge on any atom is -0.508 e. The van der Waals surface area contributed by atoms with Crippen LogP contribution in [0, 0.1) is 17.8 Å². The maximum atomic E-state index is 13.5. The molecule has 0 radical (unpaired) electrons. The topological polar surface area (TPSA) is 484 Å². The summed E-state index contributed by atoms with van der Waals surface area (Å²) in [5, 5.41) is 74.7. The molecule has 10 amide bonds. The SMILES string of the molecule is CC(C)C[C@@H](CC(=O)N[C@@H](CCCCN)CC(N)=O)NC(=O)C[C@H](CO)NC(=O)C[C@H](CO)NC(=O)C[C@H](CC(C)C)NC(=O)C[C@H](CO)NC(=O)C[C@H](CO)NC(=O)C[C@H](CC(C)C)NC(=O)C[C@H](CCCCN)NC(=O)C[C@@H](N)Cc1ccc(O)cc1. The molecule has 0 aromatic heterocycles. The van der Waals surface area contributed by atoms with Crippen molar-refractivity contribution in [1.29, 1.82) is 0 Å². The van der Waals surface area contributed by atoms with E-state index in [1.165, 1.54) is 12.1 Å². The average Bonchev–Trinajstić information content (AvgIpc) is 3.60. The lowest BCUT2D eigenvalue weighted by Crippen LogP contribution is -2.49. The van der Waals surface area contributed by atoms with Gasteiger partial charge < -0.3 is 96.3 Å². The lowest BCUT2D eigenvalue weighted by Gasteiger charge is -2.25. The third-order valence-electron chi connectivity index (χ3n) is 14.2. The second-order valence-corrected chi connectivity index (χ2v) is 24.7. The van der Waals surface area contributed by atoms with E-state index in [0.717, 1.165) is 5.56 Å². The number of nitrogens with one attached hydrogen (secondary N) is 9. The smallest absolute Gasteiger partial charge is 0.222 e. The highest BCUT2D eigenvalue weighted by molar-refractivity contribution is 5.85. The van der Waals surface area contributed by atoms with Gasteiger partial charge in [0.1, 0.15) is 5.75 Å². The van der Waals surface area contributed by atoms with Crippen molar-refractivity contribution in [2.45, 2.75) is 230 Å². The highest BCUT2D eigenvalue weighted by Crippen LogP contribution is 2.16. The molecule has 0 saturated carbocycles. The van der Waals surface area contributed by atoms with E-state index in [1.54, 1.807) is 12.1 Å². The molecule has 1 aromatic rings. The van der Waals surface area contributed by atoms with Gasteiger partial charge in [-0.15, -0.1) is 0 Å². The zero-order valence-corrected chi connectivity index (χ0v) is 53.3. The van der Waals surface area contributed by atoms with Crippen LogP contribution in [0.2, 0.25) is 0 Å². The minimum atomic E-state index is -1.12. The summed E-state index contributed by atoms with van der Waals surface area (Å²) in [7, 11) is 0. The van der Waals surface area contributed by atoms with Crippen LogP contribution in [0.3, 0.4) is 0 Å². The van der Waals surface area contributed by atoms with Crippen LogP contribution in [0.1, 0.15) is 169 Å². The van der Waals surface area contributed by atoms with Crippen LogP contribution < -0.4 is 70.8 Å². The number of carbonyl (C=O) groups excluding carboxylic acids is 10. The highest BCUT2D eigenvalue weighted by Gasteiger charge is 2.29. The molecule has 89 heavy (non-hydrogen) atoms. The third-order valence-corrected chi connectivity index (χ3v) is 14.2. The van der Waals surface area contributed by atoms with Gasteiger partial charge in [-0.25, -0.2) is 0 Å². The van der Waals surface area contributed by atoms with Crippen LogP contribution in [0.15, 0.2) is 24.3 Å². The molecule has 0 aliphatic rings. The van der Waals surface area contributed by atoms with Crippen LogP contribution in [-0.2, 0) is 54.4 Å². The summed E-state index contributed by atoms with van der Waals surface area (Å²) in [6.45, 7) is 9.60. The summed E-state index contributed by atoms with van der Waals surface area (Å²) >= 11 is 0. The number of aromatic hydroxyl groups is 1. The second-order valence-electron chi connectivity index (χ2n) is 24.7. The van der Waals surface area contributed by atoms with Crippen LogP contribution in [0.4, 0.5) is 0 Å². The van der Waals surface area contributed by atoms with Gasteiger partial charge in [-0.05, 0) is 99.9 Å². The Morgan fingerprint density at radius 2 is 0.618 bits per heavy atom. The average molecular weight is 1260 g/mol. The first-order valence-corrected chi connectivity index (χ1v) is 31.4. The molecule has 1 aromatic carbocycles. The Hall–Kier alpha value is -6.56. The number of phenols is 1. The number of benzene rings is 1. The number of unbranched alkanes of at least 4 members (excludes halogenated alkanes) is 2. The van der Waals surface area contributed by atoms with Crippen LogP contribution in [0.5, 0.6) is 5.75 Å². The number of primary amides is 1. The summed E-state index contributed by atoms with van der Waals surface area (Å²) in [6.07, 6.45) is 2.74. The lowest BCUT2D eigenvalue weighted by atomic mass is 9.99. The Balaban J connectivity index is 2.84. The highest BCUT2D eigenvalue weighted by atomic mass is 16.3. The Morgan fingerprint density at radius 1 is 0.371 bits per heavy atom. The van der Waals surface area contributed by atoms with E-state index in [0.29, 0.717) is 77.3 Å². The second kappa shape index (κ2) is 45.7. The maximum absolute atomic E-state index is 13.5. The fourth-order valence-electron chi connectivity index (χ4n) is 10.3. The van der Waals surface area contributed by atoms with Gasteiger partial charge in [-0.3, -0.25) is 47.9 Å². The maximum Gasteiger partial charge on any atom is 0.222 e. The fraction of sp³-hybridized carbons (Fsp3) is 0.738. The number of rotatable bonds is 49. The minimum absolute atomic E-state index is 0.00604. The van der Waals surface area contributed by atoms with Gasteiger partial charge in [0.15, 0.2) is 0 Å². The standard InChI is InChI=1S/C61H109N13O15/c1-37(2)19-44(26-55(83)66-42(24-52(65)80)11-7-9-17-62)69-58(86)29-47(33-75)73-61(89)32-50(36-78)72-57(85)28-46(21-39(5)6)70-59(87)30-48(34-76)74-60(88)31-49(35-77)71-56(84)27-45(20-38(3)4)68-54(82)25-43(12-8-10-18-63)67-53(81)23-41(64)22-40-13-15-51(79)16-14-40/h13-16,37-39,41-50,75-79H,7-12,17-36,62-64H2,1-6H3,(H2,65,80)(H,66,83)(H,67,81)(H,68,82)(H,69,86)(H,70,87)(H,71,84)(H,72,85)(H,73,89)(H,74,88)/t41-,42-,43-,44-,45-,46-,47+,48+,49+,50+/m0/s1. The van der Waals surface area contributed by atoms with Gasteiger partial charge in [0.2, 0.25) is 59.1 Å². The molecular weight excluding hydrogens is 1150 g/mol. The van der Waals surface area contributed by atoms with Crippen molar-refractivity contribution in [2.75, 3.05) is 39.5 Å². The Labute approximate surface area is 524 Å². The van der Waals surface area contributed by atoms with Crippen molar-refractivity contribution in [1.82, 2.24) is 47.9 Å². The lowest BCUT2D eigenvalue weighted by molar-refractivity contribution is -0.128. The predicted octanol–water partition coefficient (Wildman–Crippen LogP) is -1.62. The Bertz CT molecular complexity index is 2300. The first-order chi connectivity index (χ1) is 42.1. The normalized spacial score (nSPS) is 14.8. The van der Waals surface area contributed by atoms with Crippen molar-refractivity contribution in [3.63, 3.8) is 0 Å². The van der Waals surface area contributed by atoms with E-state index in [9.17, 15) is 73.5 Å². The number of hydrogen-bond donors (Lipinski definition) is 18. The fourth-order valence-corrected chi connectivity index (χ4v) is 10.3. The van der Waals surface area contributed by atoms with Gasteiger partial charge in [-0.1, -0.05) is 66.5 Å². The zero-order valence-electron chi connectivity index (χ0n) is 53.3. The first-order valence-electron chi connectivity index (χ1n) is 31.4. The zero-order chi connectivity index (χ0) is 67.0. The van der Waals surface area contributed by atoms with Gasteiger partial charge in [-0.2, -0.15) is 0 Å². The molecule has 508 valence electrons. The monoisotopic (exact) mass is 1260 g/mol. The number of amides is 10. The van der Waals surface area contributed by atoms with Crippen LogP contribution in [0.25, 0.3) is 0 Å². The van der Waals surface area contributed by atoms with Crippen molar-refractivity contribution in [2.24, 2.45) is 40.7 Å². The van der Waals surface area contributed by atoms with E-state index in [2.05, 4.69) is 47.9 Å². The molecule has 0 heterocycles. The first kappa shape index (κ1) is 80.5. The molecule has 0 unspecified atom stereocenters. The van der Waals surface area contributed by atoms with E-state index < -0.39 is 159 Å². The molecule has 0 bridgehead atoms. The van der Waals surface area contributed by atoms with Crippen molar-refractivity contribution in [3.8, 4) is 5.75 Å². The van der Waals surface area contributed by atoms with E-state index in [1.807, 2.05) is 41.5 Å². The number of hydrogen-bond acceptors (Lipinski definition) is 18. The van der Waals surface area contributed by atoms with Crippen molar-refractivity contribution in [3.05, 3.63) is 29.8 Å². The number of nitrogens with two attached hydrogens (primary N) is 4. The molecule has 0 spiro atoms. The van der Waals surface area contributed by atoms with Gasteiger partial charge >= 0.3 is 0 Å². The molecule has 0 saturated heterocycles. The molecule has 28 heteroatoms. The molecule has 0 aliphatic carbocycles. The van der Waals surface area contributed by atoms with E-state index >= 15 is 0 Å². The number of carbonyl (C=O) groups is 10. The number of phenolic OH excluding ortho intramolecular Hbond substituents is 1. The summed E-state index contributed by atoms with van der Waals surface area (Å²) in [4.78, 5) is 131. The van der Waals surface area contributed by atoms with Crippen molar-refractivity contribution < 1.29 is 73.5 Å². The molecule has 28 nitrogen and oxygen atoms in total. The van der Waals surface area contributed by atoms with Crippen LogP contribution >= 0.6 is 0 Å². The summed E-state index contributed by atoms with van der Waals surface area (Å²) in [6, 6.07) is -1.48. The molecule has 0 fully saturated rings. The largest absolute Gasteiger partial charge is 0.508 e. The number of aliphatic hydroxyl groups excluding tert-OH is 4. The Kier molecular flexibility index (Phi) is 41.3. The van der Waals surface area contributed by atoms with Gasteiger partial charge in [0, 0.05) is 100 Å². The van der Waals surface area contributed by atoms with E-state index in [4.69, 9.17) is 22.9 Å².